The minimum atomic E-state index is -0.316. The van der Waals surface area contributed by atoms with Gasteiger partial charge in [-0.1, -0.05) is 30.3 Å². The highest BCUT2D eigenvalue weighted by molar-refractivity contribution is 6.14. The molecule has 4 aromatic rings. The summed E-state index contributed by atoms with van der Waals surface area (Å²) in [4.78, 5) is 12.8. The highest BCUT2D eigenvalue weighted by Crippen LogP contribution is 2.32. The third kappa shape index (κ3) is 4.16. The fraction of sp³-hybridized carbons (Fsp3) is 0.0769. The van der Waals surface area contributed by atoms with Gasteiger partial charge in [0, 0.05) is 23.4 Å². The number of Topliss-reactive ketones (excluding diaryl/α,β-unsaturated/α-hetero) is 1. The predicted molar refractivity (Wildman–Crippen MR) is 119 cm³/mol. The molecule has 3 aromatic carbocycles. The number of ketones is 1. The van der Waals surface area contributed by atoms with Gasteiger partial charge in [0.25, 0.3) is 0 Å². The highest BCUT2D eigenvalue weighted by atomic mass is 19.1. The van der Waals surface area contributed by atoms with Crippen LogP contribution in [0.3, 0.4) is 0 Å². The highest BCUT2D eigenvalue weighted by Gasteiger charge is 2.24. The smallest absolute Gasteiger partial charge is 0.196 e. The van der Waals surface area contributed by atoms with Gasteiger partial charge >= 0.3 is 0 Å². The Bertz CT molecular complexity index is 1290. The van der Waals surface area contributed by atoms with E-state index in [9.17, 15) is 9.18 Å². The van der Waals surface area contributed by atoms with Gasteiger partial charge in [0.05, 0.1) is 17.4 Å². The molecule has 158 valence electrons. The standard InChI is InChI=1S/C26H19FN2O3/c27-21-8-6-18(7-9-21)12-20-17-32-25-13-23(10-11-24(25)26(20)30)31-16-19-14-28-29(15-19)22-4-2-1-3-5-22/h1-15H,16-17H2/b20-12+. The van der Waals surface area contributed by atoms with E-state index in [0.717, 1.165) is 16.8 Å². The van der Waals surface area contributed by atoms with E-state index in [4.69, 9.17) is 9.47 Å². The third-order valence-corrected chi connectivity index (χ3v) is 5.15. The molecule has 5 nitrogen and oxygen atoms in total. The quantitative estimate of drug-likeness (QED) is 0.409. The summed E-state index contributed by atoms with van der Waals surface area (Å²) in [5.74, 6) is 0.675. The summed E-state index contributed by atoms with van der Waals surface area (Å²) in [6.45, 7) is 0.492. The summed E-state index contributed by atoms with van der Waals surface area (Å²) in [6, 6.07) is 21.0. The van der Waals surface area contributed by atoms with Crippen molar-refractivity contribution >= 4 is 11.9 Å². The van der Waals surface area contributed by atoms with Gasteiger partial charge in [0.1, 0.15) is 30.5 Å². The first-order valence-electron chi connectivity index (χ1n) is 10.2. The van der Waals surface area contributed by atoms with Gasteiger partial charge in [0.2, 0.25) is 0 Å². The van der Waals surface area contributed by atoms with Crippen LogP contribution in [0.25, 0.3) is 11.8 Å². The number of benzene rings is 3. The minimum Gasteiger partial charge on any atom is -0.489 e. The molecule has 0 aliphatic carbocycles. The second-order valence-corrected chi connectivity index (χ2v) is 7.41. The van der Waals surface area contributed by atoms with Crippen LogP contribution in [0.15, 0.2) is 90.8 Å². The van der Waals surface area contributed by atoms with Gasteiger partial charge in [-0.2, -0.15) is 5.10 Å². The fourth-order valence-corrected chi connectivity index (χ4v) is 3.48. The van der Waals surface area contributed by atoms with Crippen LogP contribution in [-0.4, -0.2) is 22.2 Å². The summed E-state index contributed by atoms with van der Waals surface area (Å²) in [5.41, 5.74) is 3.65. The molecule has 6 heteroatoms. The Kier molecular flexibility index (Phi) is 5.25. The molecule has 0 spiro atoms. The van der Waals surface area contributed by atoms with E-state index in [1.165, 1.54) is 12.1 Å². The van der Waals surface area contributed by atoms with Crippen LogP contribution >= 0.6 is 0 Å². The molecular formula is C26H19FN2O3. The van der Waals surface area contributed by atoms with E-state index in [0.29, 0.717) is 29.2 Å². The largest absolute Gasteiger partial charge is 0.489 e. The Balaban J connectivity index is 1.27. The van der Waals surface area contributed by atoms with Crippen molar-refractivity contribution in [3.63, 3.8) is 0 Å². The molecule has 32 heavy (non-hydrogen) atoms. The molecular weight excluding hydrogens is 407 g/mol. The van der Waals surface area contributed by atoms with E-state index in [-0.39, 0.29) is 18.2 Å². The lowest BCUT2D eigenvalue weighted by Gasteiger charge is -2.19. The van der Waals surface area contributed by atoms with Crippen molar-refractivity contribution in [1.82, 2.24) is 9.78 Å². The number of halogens is 1. The Morgan fingerprint density at radius 2 is 1.88 bits per heavy atom. The van der Waals surface area contributed by atoms with E-state index < -0.39 is 0 Å². The van der Waals surface area contributed by atoms with Crippen LogP contribution < -0.4 is 9.47 Å². The summed E-state index contributed by atoms with van der Waals surface area (Å²) >= 11 is 0. The molecule has 1 aliphatic heterocycles. The van der Waals surface area contributed by atoms with Crippen LogP contribution in [0.5, 0.6) is 11.5 Å². The second-order valence-electron chi connectivity index (χ2n) is 7.41. The zero-order valence-electron chi connectivity index (χ0n) is 17.1. The molecule has 0 bridgehead atoms. The summed E-state index contributed by atoms with van der Waals surface area (Å²) in [7, 11) is 0. The van der Waals surface area contributed by atoms with Crippen LogP contribution in [0, 0.1) is 5.82 Å². The number of carbonyl (C=O) groups excluding carboxylic acids is 1. The van der Waals surface area contributed by atoms with E-state index >= 15 is 0 Å². The number of fused-ring (bicyclic) bond motifs is 1. The third-order valence-electron chi connectivity index (χ3n) is 5.15. The maximum atomic E-state index is 13.1. The van der Waals surface area contributed by atoms with Crippen molar-refractivity contribution in [1.29, 1.82) is 0 Å². The first-order valence-corrected chi connectivity index (χ1v) is 10.2. The number of rotatable bonds is 5. The Labute approximate surface area is 184 Å². The molecule has 0 atom stereocenters. The van der Waals surface area contributed by atoms with Crippen molar-refractivity contribution in [2.75, 3.05) is 6.61 Å². The van der Waals surface area contributed by atoms with Crippen molar-refractivity contribution in [3.8, 4) is 17.2 Å². The minimum absolute atomic E-state index is 0.105. The van der Waals surface area contributed by atoms with Gasteiger partial charge in [-0.25, -0.2) is 9.07 Å². The van der Waals surface area contributed by atoms with Crippen molar-refractivity contribution in [2.45, 2.75) is 6.61 Å². The molecule has 0 unspecified atom stereocenters. The molecule has 0 saturated carbocycles. The molecule has 0 fully saturated rings. The van der Waals surface area contributed by atoms with Gasteiger partial charge in [-0.3, -0.25) is 4.79 Å². The van der Waals surface area contributed by atoms with Crippen molar-refractivity contribution < 1.29 is 18.7 Å². The Hall–Kier alpha value is -4.19. The number of hydrogen-bond acceptors (Lipinski definition) is 4. The average molecular weight is 426 g/mol. The fourth-order valence-electron chi connectivity index (χ4n) is 3.48. The van der Waals surface area contributed by atoms with Gasteiger partial charge in [-0.15, -0.1) is 0 Å². The number of carbonyl (C=O) groups is 1. The van der Waals surface area contributed by atoms with Crippen molar-refractivity contribution in [3.05, 3.63) is 113 Å². The SMILES string of the molecule is O=C1/C(=C/c2ccc(F)cc2)COc2cc(OCc3cnn(-c4ccccc4)c3)ccc21. The van der Waals surface area contributed by atoms with E-state index in [1.54, 1.807) is 47.3 Å². The van der Waals surface area contributed by atoms with Crippen LogP contribution in [0.2, 0.25) is 0 Å². The van der Waals surface area contributed by atoms with Crippen molar-refractivity contribution in [2.24, 2.45) is 0 Å². The number of aromatic nitrogens is 2. The topological polar surface area (TPSA) is 53.4 Å². The van der Waals surface area contributed by atoms with Gasteiger partial charge in [0.15, 0.2) is 5.78 Å². The predicted octanol–water partition coefficient (Wildman–Crippen LogP) is 5.25. The second kappa shape index (κ2) is 8.51. The summed E-state index contributed by atoms with van der Waals surface area (Å²) in [6.07, 6.45) is 5.40. The number of nitrogens with zero attached hydrogens (tertiary/aromatic N) is 2. The number of para-hydroxylation sites is 1. The lowest BCUT2D eigenvalue weighted by Crippen LogP contribution is -2.19. The molecule has 2 heterocycles. The number of ether oxygens (including phenoxy) is 2. The van der Waals surface area contributed by atoms with Crippen LogP contribution in [-0.2, 0) is 6.61 Å². The molecule has 0 radical (unpaired) electrons. The molecule has 1 aromatic heterocycles. The first kappa shape index (κ1) is 19.8. The van der Waals surface area contributed by atoms with Crippen LogP contribution in [0.4, 0.5) is 4.39 Å². The average Bonchev–Trinajstić information content (AvgIpc) is 3.31. The molecule has 0 N–H and O–H groups in total. The Morgan fingerprint density at radius 1 is 1.06 bits per heavy atom. The first-order chi connectivity index (χ1) is 15.7. The monoisotopic (exact) mass is 426 g/mol. The summed E-state index contributed by atoms with van der Waals surface area (Å²) < 4.78 is 26.6. The lowest BCUT2D eigenvalue weighted by atomic mass is 9.98. The van der Waals surface area contributed by atoms with Gasteiger partial charge < -0.3 is 9.47 Å². The normalized spacial score (nSPS) is 14.2. The Morgan fingerprint density at radius 3 is 2.69 bits per heavy atom. The van der Waals surface area contributed by atoms with Crippen LogP contribution in [0.1, 0.15) is 21.5 Å². The molecule has 0 saturated heterocycles. The van der Waals surface area contributed by atoms with Gasteiger partial charge in [-0.05, 0) is 48.0 Å². The van der Waals surface area contributed by atoms with E-state index in [1.807, 2.05) is 36.5 Å². The lowest BCUT2D eigenvalue weighted by molar-refractivity contribution is 0.100. The van der Waals surface area contributed by atoms with E-state index in [2.05, 4.69) is 5.10 Å². The maximum absolute atomic E-state index is 13.1. The summed E-state index contributed by atoms with van der Waals surface area (Å²) in [5, 5.41) is 4.37. The molecule has 0 amide bonds. The molecule has 1 aliphatic rings. The maximum Gasteiger partial charge on any atom is 0.196 e. The number of hydrogen-bond donors (Lipinski definition) is 0. The zero-order chi connectivity index (χ0) is 21.9. The zero-order valence-corrected chi connectivity index (χ0v) is 17.1. The molecule has 5 rings (SSSR count).